The first kappa shape index (κ1) is 20.4. The number of pyridine rings is 1. The summed E-state index contributed by atoms with van der Waals surface area (Å²) >= 11 is 3.39. The molecule has 0 unspecified atom stereocenters. The topological polar surface area (TPSA) is 88.0 Å². The van der Waals surface area contributed by atoms with Crippen molar-refractivity contribution >= 4 is 55.2 Å². The molecule has 1 saturated heterocycles. The van der Waals surface area contributed by atoms with Gasteiger partial charge in [0.1, 0.15) is 10.9 Å². The number of β-amino-alcohol motifs (C(OH)–C–C–N with tert-alkyl or cyclic N) is 1. The maximum atomic E-state index is 9.78. The average molecular weight is 472 g/mol. The molecule has 0 saturated carbocycles. The Labute approximate surface area is 198 Å². The van der Waals surface area contributed by atoms with Gasteiger partial charge in [0.15, 0.2) is 0 Å². The van der Waals surface area contributed by atoms with E-state index in [4.69, 9.17) is 0 Å². The van der Waals surface area contributed by atoms with E-state index < -0.39 is 0 Å². The van der Waals surface area contributed by atoms with Crippen LogP contribution in [0.25, 0.3) is 31.6 Å². The number of nitrogens with zero attached hydrogens (tertiary/aromatic N) is 3. The number of hydrogen-bond donors (Lipinski definition) is 3. The van der Waals surface area contributed by atoms with Gasteiger partial charge in [-0.3, -0.25) is 4.90 Å². The Morgan fingerprint density at radius 1 is 1.27 bits per heavy atom. The van der Waals surface area contributed by atoms with Crippen molar-refractivity contribution in [2.45, 2.75) is 19.1 Å². The fraction of sp³-hybridized carbons (Fsp3) is 0.200. The van der Waals surface area contributed by atoms with Crippen LogP contribution in [-0.2, 0) is 6.54 Å². The summed E-state index contributed by atoms with van der Waals surface area (Å²) in [7, 11) is 0. The van der Waals surface area contributed by atoms with E-state index in [1.807, 2.05) is 24.4 Å². The second kappa shape index (κ2) is 8.28. The number of fused-ring (bicyclic) bond motifs is 2. The number of nitrogens with one attached hydrogen (secondary N) is 2. The lowest BCUT2D eigenvalue weighted by Gasteiger charge is -2.12. The van der Waals surface area contributed by atoms with Gasteiger partial charge in [-0.15, -0.1) is 22.7 Å². The number of benzene rings is 1. The number of likely N-dealkylation sites (tertiary alicyclic amines) is 1. The molecule has 1 aromatic carbocycles. The Hall–Kier alpha value is -3.22. The third kappa shape index (κ3) is 3.90. The lowest BCUT2D eigenvalue weighted by Crippen LogP contribution is -2.20. The first-order chi connectivity index (χ1) is 16.2. The molecule has 4 aromatic heterocycles. The molecule has 6 nitrogen and oxygen atoms in total. The predicted molar refractivity (Wildman–Crippen MR) is 135 cm³/mol. The summed E-state index contributed by atoms with van der Waals surface area (Å²) in [6, 6.07) is 14.8. The van der Waals surface area contributed by atoms with Gasteiger partial charge in [0.2, 0.25) is 0 Å². The quantitative estimate of drug-likeness (QED) is 0.307. The van der Waals surface area contributed by atoms with E-state index in [1.165, 1.54) is 10.4 Å². The minimum absolute atomic E-state index is 0.198. The van der Waals surface area contributed by atoms with E-state index >= 15 is 0 Å². The van der Waals surface area contributed by atoms with Crippen LogP contribution in [0.1, 0.15) is 16.9 Å². The lowest BCUT2D eigenvalue weighted by molar-refractivity contribution is 0.175. The number of thiophene rings is 2. The molecule has 0 spiro atoms. The molecule has 3 N–H and O–H groups in total. The molecule has 1 atom stereocenters. The van der Waals surface area contributed by atoms with Crippen LogP contribution in [-0.4, -0.2) is 39.2 Å². The Morgan fingerprint density at radius 2 is 2.21 bits per heavy atom. The Bertz CT molecular complexity index is 1510. The number of rotatable bonds is 5. The van der Waals surface area contributed by atoms with Gasteiger partial charge in [0.25, 0.3) is 0 Å². The Morgan fingerprint density at radius 3 is 3.06 bits per heavy atom. The van der Waals surface area contributed by atoms with Gasteiger partial charge in [-0.05, 0) is 48.2 Å². The summed E-state index contributed by atoms with van der Waals surface area (Å²) in [5.41, 5.74) is 4.51. The maximum absolute atomic E-state index is 9.78. The Balaban J connectivity index is 1.33. The zero-order chi connectivity index (χ0) is 22.4. The molecular formula is C25H21N5OS2. The third-order valence-corrected chi connectivity index (χ3v) is 8.08. The number of hydrogen-bond acceptors (Lipinski definition) is 7. The van der Waals surface area contributed by atoms with Gasteiger partial charge < -0.3 is 15.4 Å². The fourth-order valence-electron chi connectivity index (χ4n) is 4.40. The highest BCUT2D eigenvalue weighted by atomic mass is 32.1. The molecule has 5 aromatic rings. The highest BCUT2D eigenvalue weighted by molar-refractivity contribution is 7.22. The number of aromatic nitrogens is 2. The molecule has 0 amide bonds. The van der Waals surface area contributed by atoms with Crippen LogP contribution >= 0.6 is 22.7 Å². The number of anilines is 2. The van der Waals surface area contributed by atoms with Crippen LogP contribution in [0.15, 0.2) is 54.2 Å². The largest absolute Gasteiger partial charge is 0.392 e. The summed E-state index contributed by atoms with van der Waals surface area (Å²) in [6.45, 7) is 2.57. The van der Waals surface area contributed by atoms with Crippen molar-refractivity contribution in [3.63, 3.8) is 0 Å². The molecule has 6 rings (SSSR count). The van der Waals surface area contributed by atoms with Crippen molar-refractivity contribution < 1.29 is 5.11 Å². The molecule has 1 fully saturated rings. The third-order valence-electron chi connectivity index (χ3n) is 6.07. The summed E-state index contributed by atoms with van der Waals surface area (Å²) in [5.74, 6) is 0. The Kier molecular flexibility index (Phi) is 5.12. The van der Waals surface area contributed by atoms with Crippen LogP contribution in [0.2, 0.25) is 0 Å². The first-order valence-electron chi connectivity index (χ1n) is 10.8. The minimum atomic E-state index is -0.198. The van der Waals surface area contributed by atoms with E-state index in [9.17, 15) is 10.4 Å². The van der Waals surface area contributed by atoms with Crippen molar-refractivity contribution in [1.82, 2.24) is 14.9 Å². The number of aromatic amines is 1. The second-order valence-corrected chi connectivity index (χ2v) is 10.4. The summed E-state index contributed by atoms with van der Waals surface area (Å²) in [5, 5.41) is 27.2. The van der Waals surface area contributed by atoms with Gasteiger partial charge in [-0.25, -0.2) is 4.98 Å². The molecule has 0 aliphatic carbocycles. The van der Waals surface area contributed by atoms with Crippen molar-refractivity contribution in [3.8, 4) is 16.5 Å². The van der Waals surface area contributed by atoms with E-state index in [2.05, 4.69) is 49.8 Å². The van der Waals surface area contributed by atoms with Crippen molar-refractivity contribution in [2.75, 3.05) is 18.4 Å². The van der Waals surface area contributed by atoms with Crippen LogP contribution in [0.3, 0.4) is 0 Å². The molecular weight excluding hydrogens is 450 g/mol. The summed E-state index contributed by atoms with van der Waals surface area (Å²) in [6.07, 6.45) is 4.23. The zero-order valence-electron chi connectivity index (χ0n) is 17.7. The van der Waals surface area contributed by atoms with E-state index in [0.717, 1.165) is 63.4 Å². The zero-order valence-corrected chi connectivity index (χ0v) is 19.3. The number of H-pyrrole nitrogens is 1. The number of aliphatic hydroxyl groups is 1. The van der Waals surface area contributed by atoms with E-state index in [0.29, 0.717) is 5.56 Å². The van der Waals surface area contributed by atoms with Gasteiger partial charge >= 0.3 is 0 Å². The van der Waals surface area contributed by atoms with Gasteiger partial charge in [-0.2, -0.15) is 5.26 Å². The van der Waals surface area contributed by atoms with Crippen molar-refractivity contribution in [2.24, 2.45) is 0 Å². The first-order valence-corrected chi connectivity index (χ1v) is 12.5. The van der Waals surface area contributed by atoms with Gasteiger partial charge in [0, 0.05) is 69.3 Å². The molecule has 164 valence electrons. The van der Waals surface area contributed by atoms with Crippen molar-refractivity contribution in [3.05, 3.63) is 64.6 Å². The lowest BCUT2D eigenvalue weighted by atomic mass is 10.1. The molecule has 33 heavy (non-hydrogen) atoms. The maximum Gasteiger partial charge on any atom is 0.126 e. The van der Waals surface area contributed by atoms with Crippen LogP contribution in [0.4, 0.5) is 11.4 Å². The average Bonchev–Trinajstić information content (AvgIpc) is 3.60. The monoisotopic (exact) mass is 471 g/mol. The van der Waals surface area contributed by atoms with E-state index in [1.54, 1.807) is 28.9 Å². The molecule has 0 radical (unpaired) electrons. The van der Waals surface area contributed by atoms with Crippen molar-refractivity contribution in [1.29, 1.82) is 5.26 Å². The fourth-order valence-corrected chi connectivity index (χ4v) is 6.39. The number of nitriles is 1. The smallest absolute Gasteiger partial charge is 0.126 e. The molecule has 0 bridgehead atoms. The summed E-state index contributed by atoms with van der Waals surface area (Å²) in [4.78, 5) is 13.4. The standard InChI is InChI=1S/C25H21N5OS2/c26-10-17-11-28-25-21(24(17)29-18-1-2-22-15(7-18)3-5-27-22)9-23(33-25)16-8-20(32-14-16)13-30-6-4-19(31)12-30/h1-3,5,7-9,11,14,19,27,31H,4,6,12-13H2,(H,28,29)/t19-/m0/s1. The highest BCUT2D eigenvalue weighted by Crippen LogP contribution is 2.40. The molecule has 5 heterocycles. The number of aliphatic hydroxyl groups excluding tert-OH is 1. The van der Waals surface area contributed by atoms with E-state index in [-0.39, 0.29) is 6.10 Å². The molecule has 1 aliphatic rings. The van der Waals surface area contributed by atoms with Gasteiger partial charge in [-0.1, -0.05) is 0 Å². The van der Waals surface area contributed by atoms with Crippen LogP contribution in [0, 0.1) is 11.3 Å². The highest BCUT2D eigenvalue weighted by Gasteiger charge is 2.21. The predicted octanol–water partition coefficient (Wildman–Crippen LogP) is 5.69. The SMILES string of the molecule is N#Cc1cnc2sc(-c3csc(CN4CC[C@H](O)C4)c3)cc2c1Nc1ccc2[nH]ccc2c1. The second-order valence-electron chi connectivity index (χ2n) is 8.37. The minimum Gasteiger partial charge on any atom is -0.392 e. The summed E-state index contributed by atoms with van der Waals surface area (Å²) < 4.78 is 0. The molecule has 8 heteroatoms. The molecule has 1 aliphatic heterocycles. The normalized spacial score (nSPS) is 16.5. The van der Waals surface area contributed by atoms with Crippen LogP contribution < -0.4 is 5.32 Å². The van der Waals surface area contributed by atoms with Gasteiger partial charge in [0.05, 0.1) is 17.4 Å². The van der Waals surface area contributed by atoms with Crippen LogP contribution in [0.5, 0.6) is 0 Å².